The van der Waals surface area contributed by atoms with Gasteiger partial charge in [0.2, 0.25) is 5.91 Å². The highest BCUT2D eigenvalue weighted by Crippen LogP contribution is 2.28. The quantitative estimate of drug-likeness (QED) is 0.469. The van der Waals surface area contributed by atoms with Gasteiger partial charge in [-0.15, -0.1) is 0 Å². The molecule has 0 radical (unpaired) electrons. The molecule has 2 rings (SSSR count). The van der Waals surface area contributed by atoms with Crippen molar-refractivity contribution in [3.63, 3.8) is 0 Å². The number of hydrogen-bond acceptors (Lipinski definition) is 3. The van der Waals surface area contributed by atoms with Crippen LogP contribution in [-0.4, -0.2) is 17.6 Å². The number of carbonyl (C=O) groups is 3. The fourth-order valence-electron chi connectivity index (χ4n) is 1.46. The normalized spacial score (nSPS) is 13.8. The Hall–Kier alpha value is -2.17. The van der Waals surface area contributed by atoms with Gasteiger partial charge in [-0.05, 0) is 19.8 Å². The second kappa shape index (κ2) is 5.00. The summed E-state index contributed by atoms with van der Waals surface area (Å²) in [7, 11) is 0. The molecule has 0 atom stereocenters. The van der Waals surface area contributed by atoms with Gasteiger partial charge in [-0.2, -0.15) is 0 Å². The smallest absolute Gasteiger partial charge is 0.283 e. The van der Waals surface area contributed by atoms with Crippen LogP contribution in [0.4, 0.5) is 0 Å². The Morgan fingerprint density at radius 3 is 2.22 bits per heavy atom. The van der Waals surface area contributed by atoms with Crippen LogP contribution in [0.15, 0.2) is 24.3 Å². The van der Waals surface area contributed by atoms with Crippen molar-refractivity contribution < 1.29 is 14.4 Å². The minimum Gasteiger partial charge on any atom is -0.283 e. The molecule has 2 N–H and O–H groups in total. The van der Waals surface area contributed by atoms with Crippen LogP contribution < -0.4 is 10.9 Å². The molecule has 18 heavy (non-hydrogen) atoms. The molecular formula is C13H14N2O3. The summed E-state index contributed by atoms with van der Waals surface area (Å²) in [5, 5.41) is 0. The predicted octanol–water partition coefficient (Wildman–Crippen LogP) is 0.735. The molecule has 1 aliphatic rings. The number of benzene rings is 1. The zero-order valence-electron chi connectivity index (χ0n) is 10.0. The minimum absolute atomic E-state index is 0.0141. The average Bonchev–Trinajstić information content (AvgIpc) is 3.20. The van der Waals surface area contributed by atoms with Crippen molar-refractivity contribution in [3.8, 4) is 0 Å². The second-order valence-electron chi connectivity index (χ2n) is 4.41. The van der Waals surface area contributed by atoms with Gasteiger partial charge in [-0.1, -0.05) is 29.8 Å². The molecular weight excluding hydrogens is 232 g/mol. The van der Waals surface area contributed by atoms with Gasteiger partial charge < -0.3 is 0 Å². The van der Waals surface area contributed by atoms with Crippen molar-refractivity contribution in [2.45, 2.75) is 19.8 Å². The zero-order chi connectivity index (χ0) is 13.1. The largest absolute Gasteiger partial charge is 0.310 e. The van der Waals surface area contributed by atoms with Gasteiger partial charge in [-0.25, -0.2) is 0 Å². The van der Waals surface area contributed by atoms with E-state index in [0.717, 1.165) is 18.4 Å². The van der Waals surface area contributed by atoms with E-state index in [1.165, 1.54) is 0 Å². The van der Waals surface area contributed by atoms with Crippen molar-refractivity contribution in [1.82, 2.24) is 10.9 Å². The Labute approximate surface area is 105 Å². The lowest BCUT2D eigenvalue weighted by atomic mass is 10.1. The predicted molar refractivity (Wildman–Crippen MR) is 64.5 cm³/mol. The summed E-state index contributed by atoms with van der Waals surface area (Å²) in [6, 6.07) is 6.67. The van der Waals surface area contributed by atoms with Crippen LogP contribution in [0.2, 0.25) is 0 Å². The lowest BCUT2D eigenvalue weighted by molar-refractivity contribution is -0.127. The minimum atomic E-state index is -0.826. The van der Waals surface area contributed by atoms with E-state index in [2.05, 4.69) is 10.9 Å². The highest BCUT2D eigenvalue weighted by molar-refractivity contribution is 6.42. The van der Waals surface area contributed by atoms with E-state index < -0.39 is 11.7 Å². The highest BCUT2D eigenvalue weighted by atomic mass is 16.2. The monoisotopic (exact) mass is 246 g/mol. The number of hydrazine groups is 1. The number of nitrogens with one attached hydrogen (secondary N) is 2. The molecule has 0 heterocycles. The lowest BCUT2D eigenvalue weighted by Gasteiger charge is -2.05. The van der Waals surface area contributed by atoms with Crippen LogP contribution in [0.1, 0.15) is 28.8 Å². The maximum Gasteiger partial charge on any atom is 0.310 e. The zero-order valence-corrected chi connectivity index (χ0v) is 10.0. The fraction of sp³-hybridized carbons (Fsp3) is 0.308. The molecule has 0 spiro atoms. The number of hydrogen-bond donors (Lipinski definition) is 2. The van der Waals surface area contributed by atoms with Crippen molar-refractivity contribution in [3.05, 3.63) is 35.4 Å². The van der Waals surface area contributed by atoms with Crippen LogP contribution in [0, 0.1) is 12.8 Å². The Kier molecular flexibility index (Phi) is 3.41. The Morgan fingerprint density at radius 2 is 1.67 bits per heavy atom. The van der Waals surface area contributed by atoms with Crippen molar-refractivity contribution >= 4 is 17.6 Å². The highest BCUT2D eigenvalue weighted by Gasteiger charge is 2.30. The average molecular weight is 246 g/mol. The SMILES string of the molecule is Cc1ccc(C(=O)C(=O)NNC(=O)C2CC2)cc1. The number of rotatable bonds is 3. The third kappa shape index (κ3) is 2.94. The molecule has 1 aromatic rings. The van der Waals surface area contributed by atoms with E-state index in [1.807, 2.05) is 6.92 Å². The number of Topliss-reactive ketones (excluding diaryl/α,β-unsaturated/α-hetero) is 1. The van der Waals surface area contributed by atoms with Crippen LogP contribution >= 0.6 is 0 Å². The molecule has 0 unspecified atom stereocenters. The number of amides is 2. The first-order valence-electron chi connectivity index (χ1n) is 5.79. The van der Waals surface area contributed by atoms with Gasteiger partial charge in [0.15, 0.2) is 0 Å². The van der Waals surface area contributed by atoms with Gasteiger partial charge in [0.1, 0.15) is 0 Å². The van der Waals surface area contributed by atoms with E-state index in [4.69, 9.17) is 0 Å². The van der Waals surface area contributed by atoms with Crippen molar-refractivity contribution in [2.24, 2.45) is 5.92 Å². The van der Waals surface area contributed by atoms with Gasteiger partial charge in [0.05, 0.1) is 0 Å². The van der Waals surface area contributed by atoms with Gasteiger partial charge in [0.25, 0.3) is 5.78 Å². The summed E-state index contributed by atoms with van der Waals surface area (Å²) >= 11 is 0. The first-order chi connectivity index (χ1) is 8.58. The van der Waals surface area contributed by atoms with E-state index >= 15 is 0 Å². The van der Waals surface area contributed by atoms with Gasteiger partial charge in [0, 0.05) is 11.5 Å². The Morgan fingerprint density at radius 1 is 1.06 bits per heavy atom. The third-order valence-corrected chi connectivity index (χ3v) is 2.77. The summed E-state index contributed by atoms with van der Waals surface area (Å²) in [5.74, 6) is -1.74. The lowest BCUT2D eigenvalue weighted by Crippen LogP contribution is -2.45. The summed E-state index contributed by atoms with van der Waals surface area (Å²) in [6.45, 7) is 1.89. The third-order valence-electron chi connectivity index (χ3n) is 2.77. The van der Waals surface area contributed by atoms with Crippen LogP contribution in [-0.2, 0) is 9.59 Å². The van der Waals surface area contributed by atoms with Crippen LogP contribution in [0.25, 0.3) is 0 Å². The molecule has 94 valence electrons. The molecule has 5 nitrogen and oxygen atoms in total. The van der Waals surface area contributed by atoms with Gasteiger partial charge in [-0.3, -0.25) is 25.2 Å². The molecule has 1 saturated carbocycles. The maximum absolute atomic E-state index is 11.7. The molecule has 0 bridgehead atoms. The molecule has 5 heteroatoms. The molecule has 0 aromatic heterocycles. The fourth-order valence-corrected chi connectivity index (χ4v) is 1.46. The summed E-state index contributed by atoms with van der Waals surface area (Å²) in [4.78, 5) is 34.5. The first kappa shape index (κ1) is 12.3. The van der Waals surface area contributed by atoms with E-state index in [9.17, 15) is 14.4 Å². The number of aryl methyl sites for hydroxylation is 1. The van der Waals surface area contributed by atoms with Gasteiger partial charge >= 0.3 is 5.91 Å². The molecule has 0 aliphatic heterocycles. The van der Waals surface area contributed by atoms with E-state index in [1.54, 1.807) is 24.3 Å². The Balaban J connectivity index is 1.89. The molecule has 1 fully saturated rings. The molecule has 1 aromatic carbocycles. The van der Waals surface area contributed by atoms with Crippen molar-refractivity contribution in [2.75, 3.05) is 0 Å². The maximum atomic E-state index is 11.7. The molecule has 2 amide bonds. The van der Waals surface area contributed by atoms with Crippen LogP contribution in [0.3, 0.4) is 0 Å². The first-order valence-corrected chi connectivity index (χ1v) is 5.79. The van der Waals surface area contributed by atoms with E-state index in [0.29, 0.717) is 5.56 Å². The number of ketones is 1. The Bertz CT molecular complexity index is 489. The summed E-state index contributed by atoms with van der Waals surface area (Å²) in [5.41, 5.74) is 5.69. The molecule has 1 aliphatic carbocycles. The topological polar surface area (TPSA) is 75.3 Å². The number of carbonyl (C=O) groups excluding carboxylic acids is 3. The summed E-state index contributed by atoms with van der Waals surface area (Å²) < 4.78 is 0. The molecule has 0 saturated heterocycles. The van der Waals surface area contributed by atoms with E-state index in [-0.39, 0.29) is 11.8 Å². The second-order valence-corrected chi connectivity index (χ2v) is 4.41. The van der Waals surface area contributed by atoms with Crippen molar-refractivity contribution in [1.29, 1.82) is 0 Å². The standard InChI is InChI=1S/C13H14N2O3/c1-8-2-4-9(5-3-8)11(16)13(18)15-14-12(17)10-6-7-10/h2-5,10H,6-7H2,1H3,(H,14,17)(H,15,18). The van der Waals surface area contributed by atoms with Crippen LogP contribution in [0.5, 0.6) is 0 Å². The summed E-state index contributed by atoms with van der Waals surface area (Å²) in [6.07, 6.45) is 1.68.